The second kappa shape index (κ2) is 4.27. The van der Waals surface area contributed by atoms with E-state index in [2.05, 4.69) is 0 Å². The molecular weight excluding hydrogens is 267 g/mol. The Bertz CT molecular complexity index is 442. The summed E-state index contributed by atoms with van der Waals surface area (Å²) in [6.45, 7) is 1.47. The van der Waals surface area contributed by atoms with Gasteiger partial charge in [-0.15, -0.1) is 0 Å². The molecule has 1 rings (SSSR count). The third kappa shape index (κ3) is 2.76. The molecule has 1 aromatic carbocycles. The minimum atomic E-state index is -3.65. The molecular formula is C8H7Cl3O2S. The molecule has 1 unspecified atom stereocenters. The van der Waals surface area contributed by atoms with Crippen molar-refractivity contribution in [1.82, 2.24) is 0 Å². The zero-order chi connectivity index (χ0) is 10.9. The number of rotatable bonds is 2. The zero-order valence-electron chi connectivity index (χ0n) is 7.17. The fourth-order valence-electron chi connectivity index (χ4n) is 0.983. The van der Waals surface area contributed by atoms with Crippen LogP contribution in [0.15, 0.2) is 18.2 Å². The summed E-state index contributed by atoms with van der Waals surface area (Å²) < 4.78 is 22.1. The van der Waals surface area contributed by atoms with Crippen LogP contribution in [0.2, 0.25) is 10.0 Å². The van der Waals surface area contributed by atoms with E-state index in [1.807, 2.05) is 0 Å². The first kappa shape index (κ1) is 12.1. The molecule has 0 aromatic heterocycles. The van der Waals surface area contributed by atoms with Gasteiger partial charge in [-0.2, -0.15) is 0 Å². The Morgan fingerprint density at radius 3 is 2.29 bits per heavy atom. The van der Waals surface area contributed by atoms with Crippen LogP contribution in [-0.2, 0) is 9.05 Å². The van der Waals surface area contributed by atoms with Crippen molar-refractivity contribution < 1.29 is 8.42 Å². The second-order valence-corrected chi connectivity index (χ2v) is 6.58. The van der Waals surface area contributed by atoms with Crippen LogP contribution in [-0.4, -0.2) is 8.42 Å². The molecule has 1 aromatic rings. The SMILES string of the molecule is CC(c1ccc(Cl)cc1Cl)S(=O)(=O)Cl. The van der Waals surface area contributed by atoms with E-state index in [1.54, 1.807) is 12.1 Å². The molecule has 0 aliphatic rings. The van der Waals surface area contributed by atoms with E-state index < -0.39 is 14.3 Å². The summed E-state index contributed by atoms with van der Waals surface area (Å²) in [6.07, 6.45) is 0. The summed E-state index contributed by atoms with van der Waals surface area (Å²) in [4.78, 5) is 0. The van der Waals surface area contributed by atoms with Crippen molar-refractivity contribution in [3.05, 3.63) is 33.8 Å². The average Bonchev–Trinajstić information content (AvgIpc) is 2.01. The maximum absolute atomic E-state index is 11.0. The molecule has 2 nitrogen and oxygen atoms in total. The van der Waals surface area contributed by atoms with E-state index in [-0.39, 0.29) is 0 Å². The average molecular weight is 274 g/mol. The van der Waals surface area contributed by atoms with Gasteiger partial charge >= 0.3 is 0 Å². The first-order valence-corrected chi connectivity index (χ1v) is 6.83. The van der Waals surface area contributed by atoms with Crippen LogP contribution in [0.25, 0.3) is 0 Å². The minimum absolute atomic E-state index is 0.300. The Balaban J connectivity index is 3.21. The Morgan fingerprint density at radius 2 is 1.86 bits per heavy atom. The molecule has 0 spiro atoms. The van der Waals surface area contributed by atoms with Gasteiger partial charge in [0.2, 0.25) is 9.05 Å². The smallest absolute Gasteiger partial charge is 0.212 e. The molecule has 0 aliphatic heterocycles. The molecule has 14 heavy (non-hydrogen) atoms. The zero-order valence-corrected chi connectivity index (χ0v) is 10.3. The first-order valence-electron chi connectivity index (χ1n) is 3.71. The Kier molecular flexibility index (Phi) is 3.69. The number of halogens is 3. The van der Waals surface area contributed by atoms with Crippen molar-refractivity contribution >= 4 is 42.9 Å². The molecule has 0 saturated heterocycles. The predicted molar refractivity (Wildman–Crippen MR) is 59.6 cm³/mol. The van der Waals surface area contributed by atoms with E-state index in [1.165, 1.54) is 13.0 Å². The maximum Gasteiger partial charge on any atom is 0.239 e. The Morgan fingerprint density at radius 1 is 1.29 bits per heavy atom. The van der Waals surface area contributed by atoms with Crippen molar-refractivity contribution in [2.45, 2.75) is 12.2 Å². The van der Waals surface area contributed by atoms with E-state index in [4.69, 9.17) is 33.9 Å². The van der Waals surface area contributed by atoms with Gasteiger partial charge in [0.25, 0.3) is 0 Å². The van der Waals surface area contributed by atoms with Crippen LogP contribution in [0.4, 0.5) is 0 Å². The van der Waals surface area contributed by atoms with Crippen LogP contribution in [0.5, 0.6) is 0 Å². The molecule has 0 saturated carbocycles. The van der Waals surface area contributed by atoms with Gasteiger partial charge in [-0.05, 0) is 24.6 Å². The van der Waals surface area contributed by atoms with Gasteiger partial charge in [-0.25, -0.2) is 8.42 Å². The van der Waals surface area contributed by atoms with Gasteiger partial charge in [0.1, 0.15) is 0 Å². The lowest BCUT2D eigenvalue weighted by Crippen LogP contribution is -2.03. The third-order valence-electron chi connectivity index (χ3n) is 1.82. The highest BCUT2D eigenvalue weighted by atomic mass is 35.7. The Labute approximate surface area is 97.2 Å². The summed E-state index contributed by atoms with van der Waals surface area (Å²) >= 11 is 11.5. The van der Waals surface area contributed by atoms with Gasteiger partial charge in [-0.1, -0.05) is 29.3 Å². The minimum Gasteiger partial charge on any atom is -0.212 e. The fourth-order valence-corrected chi connectivity index (χ4v) is 2.42. The highest BCUT2D eigenvalue weighted by Crippen LogP contribution is 2.32. The number of hydrogen-bond acceptors (Lipinski definition) is 2. The summed E-state index contributed by atoms with van der Waals surface area (Å²) in [5.41, 5.74) is 0.450. The quantitative estimate of drug-likeness (QED) is 0.771. The molecule has 1 atom stereocenters. The molecule has 0 radical (unpaired) electrons. The van der Waals surface area contributed by atoms with Gasteiger partial charge in [-0.3, -0.25) is 0 Å². The summed E-state index contributed by atoms with van der Waals surface area (Å²) in [6, 6.07) is 4.60. The molecule has 0 N–H and O–H groups in total. The van der Waals surface area contributed by atoms with Crippen molar-refractivity contribution in [2.24, 2.45) is 0 Å². The molecule has 0 amide bonds. The fraction of sp³-hybridized carbons (Fsp3) is 0.250. The van der Waals surface area contributed by atoms with Crippen molar-refractivity contribution in [2.75, 3.05) is 0 Å². The first-order chi connectivity index (χ1) is 6.32. The lowest BCUT2D eigenvalue weighted by Gasteiger charge is -2.09. The predicted octanol–water partition coefficient (Wildman–Crippen LogP) is 3.62. The maximum atomic E-state index is 11.0. The summed E-state index contributed by atoms with van der Waals surface area (Å²) in [5, 5.41) is -0.0823. The number of benzene rings is 1. The van der Waals surface area contributed by atoms with Crippen molar-refractivity contribution in [3.63, 3.8) is 0 Å². The highest BCUT2D eigenvalue weighted by molar-refractivity contribution is 8.13. The monoisotopic (exact) mass is 272 g/mol. The largest absolute Gasteiger partial charge is 0.239 e. The number of hydrogen-bond donors (Lipinski definition) is 0. The normalized spacial score (nSPS) is 14.0. The summed E-state index contributed by atoms with van der Waals surface area (Å²) in [7, 11) is 1.56. The van der Waals surface area contributed by atoms with Gasteiger partial charge in [0.05, 0.1) is 5.25 Å². The van der Waals surface area contributed by atoms with E-state index >= 15 is 0 Å². The standard InChI is InChI=1S/C8H7Cl3O2S/c1-5(14(11,12)13)7-3-2-6(9)4-8(7)10/h2-5H,1H3. The topological polar surface area (TPSA) is 34.1 Å². The molecule has 6 heteroatoms. The molecule has 0 bridgehead atoms. The van der Waals surface area contributed by atoms with Crippen LogP contribution in [0.3, 0.4) is 0 Å². The van der Waals surface area contributed by atoms with Gasteiger partial charge < -0.3 is 0 Å². The van der Waals surface area contributed by atoms with Crippen molar-refractivity contribution in [3.8, 4) is 0 Å². The molecule has 78 valence electrons. The summed E-state index contributed by atoms with van der Waals surface area (Å²) in [5.74, 6) is 0. The van der Waals surface area contributed by atoms with Crippen molar-refractivity contribution in [1.29, 1.82) is 0 Å². The molecule has 0 aliphatic carbocycles. The highest BCUT2D eigenvalue weighted by Gasteiger charge is 2.21. The van der Waals surface area contributed by atoms with Gasteiger partial charge in [0, 0.05) is 20.7 Å². The third-order valence-corrected chi connectivity index (χ3v) is 4.29. The second-order valence-electron chi connectivity index (χ2n) is 2.78. The van der Waals surface area contributed by atoms with Gasteiger partial charge in [0.15, 0.2) is 0 Å². The van der Waals surface area contributed by atoms with E-state index in [0.717, 1.165) is 0 Å². The van der Waals surface area contributed by atoms with Crippen LogP contribution in [0, 0.1) is 0 Å². The van der Waals surface area contributed by atoms with Crippen LogP contribution in [0.1, 0.15) is 17.7 Å². The van der Waals surface area contributed by atoms with Crippen LogP contribution < -0.4 is 0 Å². The molecule has 0 heterocycles. The molecule has 0 fully saturated rings. The van der Waals surface area contributed by atoms with E-state index in [9.17, 15) is 8.42 Å². The lowest BCUT2D eigenvalue weighted by molar-refractivity contribution is 0.600. The van der Waals surface area contributed by atoms with Crippen LogP contribution >= 0.6 is 33.9 Å². The lowest BCUT2D eigenvalue weighted by atomic mass is 10.2. The Hall–Kier alpha value is 0.0400. The van der Waals surface area contributed by atoms with E-state index in [0.29, 0.717) is 15.6 Å².